The number of halogens is 4. The fourth-order valence-corrected chi connectivity index (χ4v) is 4.28. The quantitative estimate of drug-likeness (QED) is 0.588. The predicted octanol–water partition coefficient (Wildman–Crippen LogP) is 5.93. The Bertz CT molecular complexity index is 1030. The van der Waals surface area contributed by atoms with Crippen molar-refractivity contribution >= 4 is 22.5 Å². The normalized spacial score (nSPS) is 18.0. The predicted molar refractivity (Wildman–Crippen MR) is 118 cm³/mol. The minimum absolute atomic E-state index is 0.150. The van der Waals surface area contributed by atoms with Crippen LogP contribution in [0.1, 0.15) is 31.5 Å². The third-order valence-corrected chi connectivity index (χ3v) is 6.31. The van der Waals surface area contributed by atoms with E-state index < -0.39 is 11.9 Å². The molecule has 0 atom stereocenters. The molecule has 1 aromatic carbocycles. The highest BCUT2D eigenvalue weighted by Crippen LogP contribution is 2.41. The fraction of sp³-hybridized carbons (Fsp3) is 0.391. The molecule has 7 heteroatoms. The van der Waals surface area contributed by atoms with E-state index >= 15 is 0 Å². The Kier molecular flexibility index (Phi) is 6.12. The van der Waals surface area contributed by atoms with Crippen LogP contribution < -0.4 is 5.73 Å². The van der Waals surface area contributed by atoms with Gasteiger partial charge >= 0.3 is 6.18 Å². The van der Waals surface area contributed by atoms with Gasteiger partial charge in [-0.1, -0.05) is 30.3 Å². The minimum atomic E-state index is -4.53. The van der Waals surface area contributed by atoms with E-state index in [2.05, 4.69) is 36.9 Å². The number of aromatic nitrogens is 1. The first-order valence-electron chi connectivity index (χ1n) is 9.85. The molecule has 3 nitrogen and oxygen atoms in total. The summed E-state index contributed by atoms with van der Waals surface area (Å²) in [5.74, 6) is 0. The van der Waals surface area contributed by atoms with Crippen LogP contribution in [0.2, 0.25) is 5.02 Å². The smallest absolute Gasteiger partial charge is 0.395 e. The fourth-order valence-electron chi connectivity index (χ4n) is 4.11. The van der Waals surface area contributed by atoms with Crippen LogP contribution in [-0.4, -0.2) is 29.2 Å². The summed E-state index contributed by atoms with van der Waals surface area (Å²) in [7, 11) is 2.12. The van der Waals surface area contributed by atoms with Crippen molar-refractivity contribution in [3.63, 3.8) is 0 Å². The lowest BCUT2D eigenvalue weighted by Gasteiger charge is -2.40. The third kappa shape index (κ3) is 4.16. The number of rotatable bonds is 5. The summed E-state index contributed by atoms with van der Waals surface area (Å²) in [4.78, 5) is 2.33. The van der Waals surface area contributed by atoms with Crippen molar-refractivity contribution in [3.05, 3.63) is 70.6 Å². The molecule has 0 saturated carbocycles. The van der Waals surface area contributed by atoms with Gasteiger partial charge in [-0.3, -0.25) is 4.90 Å². The number of nitrogens with two attached hydrogens (primary N) is 1. The van der Waals surface area contributed by atoms with E-state index in [0.29, 0.717) is 23.6 Å². The maximum Gasteiger partial charge on any atom is 0.430 e. The molecular formula is C23H27ClF3N3. The van der Waals surface area contributed by atoms with E-state index in [4.69, 9.17) is 17.3 Å². The number of alkyl halides is 3. The first-order chi connectivity index (χ1) is 14.0. The van der Waals surface area contributed by atoms with Crippen LogP contribution in [0.4, 0.5) is 13.2 Å². The molecule has 2 N–H and O–H groups in total. The molecule has 0 fully saturated rings. The lowest BCUT2D eigenvalue weighted by atomic mass is 9.86. The summed E-state index contributed by atoms with van der Waals surface area (Å²) in [5, 5.41) is 1.81. The molecule has 1 aromatic heterocycles. The highest BCUT2D eigenvalue weighted by Gasteiger charge is 2.36. The molecular weight excluding hydrogens is 411 g/mol. The molecule has 0 unspecified atom stereocenters. The van der Waals surface area contributed by atoms with Crippen molar-refractivity contribution < 1.29 is 13.2 Å². The SMILES string of the molecule is C=C/C(=C\C=C(/N)C(F)(F)F)CCn1c2c(c3cc(Cl)ccc31)C(C)(C)N(C)CC2. The Hall–Kier alpha value is -2.18. The van der Waals surface area contributed by atoms with Gasteiger partial charge in [0.15, 0.2) is 0 Å². The van der Waals surface area contributed by atoms with Gasteiger partial charge in [0.2, 0.25) is 0 Å². The van der Waals surface area contributed by atoms with Crippen molar-refractivity contribution in [1.82, 2.24) is 9.47 Å². The van der Waals surface area contributed by atoms with Crippen LogP contribution in [-0.2, 0) is 18.5 Å². The molecule has 0 saturated heterocycles. The molecule has 2 heterocycles. The van der Waals surface area contributed by atoms with Crippen molar-refractivity contribution in [2.45, 2.75) is 44.9 Å². The number of aryl methyl sites for hydroxylation is 1. The zero-order valence-electron chi connectivity index (χ0n) is 17.5. The zero-order chi connectivity index (χ0) is 22.3. The van der Waals surface area contributed by atoms with Crippen molar-refractivity contribution in [2.24, 2.45) is 5.73 Å². The highest BCUT2D eigenvalue weighted by molar-refractivity contribution is 6.31. The Morgan fingerprint density at radius 1 is 1.30 bits per heavy atom. The van der Waals surface area contributed by atoms with Crippen molar-refractivity contribution in [2.75, 3.05) is 13.6 Å². The van der Waals surface area contributed by atoms with Gasteiger partial charge in [-0.25, -0.2) is 0 Å². The van der Waals surface area contributed by atoms with Gasteiger partial charge in [-0.05, 0) is 57.2 Å². The Labute approximate surface area is 180 Å². The lowest BCUT2D eigenvalue weighted by molar-refractivity contribution is -0.0926. The molecule has 162 valence electrons. The second-order valence-electron chi connectivity index (χ2n) is 8.18. The van der Waals surface area contributed by atoms with Crippen LogP contribution in [0, 0.1) is 0 Å². The van der Waals surface area contributed by atoms with Gasteiger partial charge in [-0.15, -0.1) is 0 Å². The largest absolute Gasteiger partial charge is 0.430 e. The second-order valence-corrected chi connectivity index (χ2v) is 8.62. The van der Waals surface area contributed by atoms with Crippen molar-refractivity contribution in [1.29, 1.82) is 0 Å². The summed E-state index contributed by atoms with van der Waals surface area (Å²) < 4.78 is 40.2. The Morgan fingerprint density at radius 3 is 2.63 bits per heavy atom. The highest BCUT2D eigenvalue weighted by atomic mass is 35.5. The van der Waals surface area contributed by atoms with Crippen LogP contribution in [0.25, 0.3) is 10.9 Å². The Morgan fingerprint density at radius 2 is 2.00 bits per heavy atom. The topological polar surface area (TPSA) is 34.2 Å². The monoisotopic (exact) mass is 437 g/mol. The van der Waals surface area contributed by atoms with E-state index in [9.17, 15) is 13.2 Å². The van der Waals surface area contributed by atoms with Gasteiger partial charge < -0.3 is 10.3 Å². The average Bonchev–Trinajstić information content (AvgIpc) is 2.98. The zero-order valence-corrected chi connectivity index (χ0v) is 18.2. The molecule has 0 radical (unpaired) electrons. The first-order valence-corrected chi connectivity index (χ1v) is 10.2. The minimum Gasteiger partial charge on any atom is -0.395 e. The summed E-state index contributed by atoms with van der Waals surface area (Å²) in [6.45, 7) is 9.71. The molecule has 30 heavy (non-hydrogen) atoms. The number of hydrogen-bond acceptors (Lipinski definition) is 2. The number of fused-ring (bicyclic) bond motifs is 3. The number of benzene rings is 1. The average molecular weight is 438 g/mol. The molecule has 3 rings (SSSR count). The first kappa shape index (κ1) is 22.5. The van der Waals surface area contributed by atoms with Crippen molar-refractivity contribution in [3.8, 4) is 0 Å². The maximum atomic E-state index is 12.6. The van der Waals surface area contributed by atoms with Gasteiger partial charge in [-0.2, -0.15) is 13.2 Å². The molecule has 0 amide bonds. The number of hydrogen-bond donors (Lipinski definition) is 1. The Balaban J connectivity index is 2.01. The van der Waals surface area contributed by atoms with Gasteiger partial charge in [0.25, 0.3) is 0 Å². The standard InChI is InChI=1S/C23H27ClF3N3/c1-5-15(6-9-20(28)23(25,26)27)10-13-30-18-8-7-16(24)14-17(18)21-19(30)11-12-29(4)22(21,2)3/h5-9,14H,1,10-13,28H2,2-4H3/b15-6+,20-9-. The van der Waals surface area contributed by atoms with E-state index in [1.165, 1.54) is 17.3 Å². The molecule has 1 aliphatic rings. The molecule has 2 aromatic rings. The van der Waals surface area contributed by atoms with E-state index in [1.54, 1.807) is 6.08 Å². The molecule has 1 aliphatic heterocycles. The van der Waals surface area contributed by atoms with E-state index in [-0.39, 0.29) is 5.54 Å². The maximum absolute atomic E-state index is 12.6. The van der Waals surface area contributed by atoms with Gasteiger partial charge in [0.1, 0.15) is 5.70 Å². The second kappa shape index (κ2) is 8.16. The number of likely N-dealkylation sites (N-methyl/N-ethyl adjacent to an activating group) is 1. The molecule has 0 bridgehead atoms. The van der Waals surface area contributed by atoms with E-state index in [0.717, 1.165) is 29.9 Å². The summed E-state index contributed by atoms with van der Waals surface area (Å²) in [6, 6.07) is 5.90. The van der Waals surface area contributed by atoms with Crippen LogP contribution in [0.5, 0.6) is 0 Å². The summed E-state index contributed by atoms with van der Waals surface area (Å²) >= 11 is 6.30. The number of allylic oxidation sites excluding steroid dienone is 5. The van der Waals surface area contributed by atoms with Gasteiger partial charge in [0.05, 0.1) is 0 Å². The lowest BCUT2D eigenvalue weighted by Crippen LogP contribution is -2.44. The van der Waals surface area contributed by atoms with E-state index in [1.807, 2.05) is 18.2 Å². The van der Waals surface area contributed by atoms with Crippen LogP contribution in [0.3, 0.4) is 0 Å². The summed E-state index contributed by atoms with van der Waals surface area (Å²) in [5.41, 5.74) is 8.13. The summed E-state index contributed by atoms with van der Waals surface area (Å²) in [6.07, 6.45) is 0.777. The number of nitrogens with zero attached hydrogens (tertiary/aromatic N) is 2. The molecule has 0 aliphatic carbocycles. The van der Waals surface area contributed by atoms with Crippen LogP contribution >= 0.6 is 11.6 Å². The molecule has 0 spiro atoms. The van der Waals surface area contributed by atoms with Gasteiger partial charge in [0, 0.05) is 52.2 Å². The third-order valence-electron chi connectivity index (χ3n) is 6.07. The van der Waals surface area contributed by atoms with Crippen LogP contribution in [0.15, 0.2) is 54.3 Å².